The van der Waals surface area contributed by atoms with Crippen LogP contribution < -0.4 is 10.1 Å². The summed E-state index contributed by atoms with van der Waals surface area (Å²) in [5.41, 5.74) is 9.46. The van der Waals surface area contributed by atoms with Crippen molar-refractivity contribution in [2.24, 2.45) is 11.0 Å². The molecule has 0 spiro atoms. The van der Waals surface area contributed by atoms with Crippen LogP contribution in [0.2, 0.25) is 0 Å². The fraction of sp³-hybridized carbons (Fsp3) is 0.516. The van der Waals surface area contributed by atoms with E-state index in [1.807, 2.05) is 45.6 Å². The molecule has 0 radical (unpaired) electrons. The lowest BCUT2D eigenvalue weighted by molar-refractivity contribution is -0.153. The van der Waals surface area contributed by atoms with Crippen LogP contribution in [0.25, 0.3) is 21.2 Å². The average molecular weight is 601 g/mol. The van der Waals surface area contributed by atoms with Gasteiger partial charge in [-0.25, -0.2) is 19.7 Å². The van der Waals surface area contributed by atoms with Gasteiger partial charge in [-0.15, -0.1) is 0 Å². The second kappa shape index (κ2) is 10.9. The van der Waals surface area contributed by atoms with Crippen LogP contribution in [-0.2, 0) is 19.8 Å². The first-order valence-corrected chi connectivity index (χ1v) is 14.7. The Balaban J connectivity index is 1.26. The summed E-state index contributed by atoms with van der Waals surface area (Å²) in [6.07, 6.45) is 4.53. The van der Waals surface area contributed by atoms with Gasteiger partial charge in [0.25, 0.3) is 0 Å². The molecule has 1 N–H and O–H groups in total. The van der Waals surface area contributed by atoms with Crippen molar-refractivity contribution >= 4 is 34.3 Å². The van der Waals surface area contributed by atoms with Crippen molar-refractivity contribution in [3.63, 3.8) is 0 Å². The Bertz CT molecular complexity index is 1690. The number of esters is 1. The highest BCUT2D eigenvalue weighted by atomic mass is 16.6. The molecule has 0 aromatic carbocycles. The number of anilines is 2. The molecule has 3 aliphatic rings. The van der Waals surface area contributed by atoms with Crippen LogP contribution in [0.3, 0.4) is 0 Å². The first-order chi connectivity index (χ1) is 20.9. The van der Waals surface area contributed by atoms with E-state index < -0.39 is 17.1 Å². The number of nitrogens with one attached hydrogen (secondary N) is 1. The van der Waals surface area contributed by atoms with E-state index in [4.69, 9.17) is 19.2 Å². The van der Waals surface area contributed by atoms with Gasteiger partial charge in [0.05, 0.1) is 28.3 Å². The number of pyridine rings is 3. The SMILES string of the molecule is COC1CN(C(=O)C2CC(Oc3ncc(C(C)(C)N=[N+]=[N-])c4cc(Nc5ccc6c(n5)[C@@H](C)C(C)(C)OC6=O)ncc34)C2)C1. The number of amides is 1. The number of hydrogen-bond donors (Lipinski definition) is 1. The maximum Gasteiger partial charge on any atom is 0.340 e. The second-order valence-corrected chi connectivity index (χ2v) is 12.8. The average Bonchev–Trinajstić information content (AvgIpc) is 2.92. The molecule has 0 bridgehead atoms. The van der Waals surface area contributed by atoms with Crippen molar-refractivity contribution in [2.45, 2.75) is 76.7 Å². The quantitative estimate of drug-likeness (QED) is 0.155. The van der Waals surface area contributed by atoms with Crippen LogP contribution >= 0.6 is 0 Å². The highest BCUT2D eigenvalue weighted by molar-refractivity contribution is 5.93. The summed E-state index contributed by atoms with van der Waals surface area (Å²) in [4.78, 5) is 44.1. The molecule has 1 atom stereocenters. The first-order valence-electron chi connectivity index (χ1n) is 14.7. The lowest BCUT2D eigenvalue weighted by Gasteiger charge is -2.43. The predicted molar refractivity (Wildman–Crippen MR) is 162 cm³/mol. The third-order valence-corrected chi connectivity index (χ3v) is 9.11. The molecular formula is C31H36N8O5. The number of hydrogen-bond acceptors (Lipinski definition) is 10. The maximum absolute atomic E-state index is 12.7. The zero-order chi connectivity index (χ0) is 31.4. The Morgan fingerprint density at radius 1 is 1.16 bits per heavy atom. The van der Waals surface area contributed by atoms with Gasteiger partial charge in [0.15, 0.2) is 0 Å². The molecule has 2 aliphatic heterocycles. The Morgan fingerprint density at radius 2 is 1.91 bits per heavy atom. The Hall–Kier alpha value is -4.48. The normalized spacial score (nSPS) is 22.6. The van der Waals surface area contributed by atoms with Gasteiger partial charge in [-0.05, 0) is 61.4 Å². The number of ether oxygens (including phenoxy) is 3. The van der Waals surface area contributed by atoms with Gasteiger partial charge in [0.1, 0.15) is 23.3 Å². The number of aromatic nitrogens is 3. The third-order valence-electron chi connectivity index (χ3n) is 9.11. The van der Waals surface area contributed by atoms with Crippen molar-refractivity contribution in [3.8, 4) is 5.88 Å². The number of rotatable bonds is 8. The molecule has 3 aromatic rings. The van der Waals surface area contributed by atoms with E-state index in [2.05, 4.69) is 25.3 Å². The van der Waals surface area contributed by atoms with Crippen LogP contribution in [0.4, 0.5) is 11.6 Å². The summed E-state index contributed by atoms with van der Waals surface area (Å²) in [5.74, 6) is 1.00. The van der Waals surface area contributed by atoms with E-state index >= 15 is 0 Å². The molecule has 230 valence electrons. The molecule has 2 fully saturated rings. The summed E-state index contributed by atoms with van der Waals surface area (Å²) in [6.45, 7) is 10.6. The van der Waals surface area contributed by atoms with Gasteiger partial charge in [-0.2, -0.15) is 0 Å². The highest BCUT2D eigenvalue weighted by Gasteiger charge is 2.43. The van der Waals surface area contributed by atoms with Crippen LogP contribution in [0.15, 0.2) is 35.7 Å². The number of methoxy groups -OCH3 is 1. The Morgan fingerprint density at radius 3 is 2.61 bits per heavy atom. The zero-order valence-electron chi connectivity index (χ0n) is 25.7. The fourth-order valence-electron chi connectivity index (χ4n) is 5.86. The lowest BCUT2D eigenvalue weighted by Crippen LogP contribution is -2.58. The number of fused-ring (bicyclic) bond motifs is 2. The zero-order valence-corrected chi connectivity index (χ0v) is 25.7. The molecule has 1 saturated carbocycles. The van der Waals surface area contributed by atoms with Gasteiger partial charge in [0.2, 0.25) is 11.8 Å². The van der Waals surface area contributed by atoms with Gasteiger partial charge in [0, 0.05) is 49.3 Å². The summed E-state index contributed by atoms with van der Waals surface area (Å²) in [7, 11) is 1.66. The van der Waals surface area contributed by atoms with Gasteiger partial charge in [-0.1, -0.05) is 25.9 Å². The second-order valence-electron chi connectivity index (χ2n) is 12.8. The molecule has 1 aliphatic carbocycles. The van der Waals surface area contributed by atoms with Crippen molar-refractivity contribution in [1.29, 1.82) is 0 Å². The molecule has 6 rings (SSSR count). The van der Waals surface area contributed by atoms with Gasteiger partial charge < -0.3 is 24.4 Å². The lowest BCUT2D eigenvalue weighted by atomic mass is 9.80. The van der Waals surface area contributed by atoms with Gasteiger partial charge in [-0.3, -0.25) is 4.79 Å². The highest BCUT2D eigenvalue weighted by Crippen LogP contribution is 2.40. The van der Waals surface area contributed by atoms with Crippen LogP contribution in [0, 0.1) is 5.92 Å². The van der Waals surface area contributed by atoms with E-state index in [9.17, 15) is 15.1 Å². The molecular weight excluding hydrogens is 564 g/mol. The standard InChI is InChI=1S/C31H36N8O5/c1-16-26-20(29(41)44-31(16,4)5)7-8-24(36-26)35-25-11-21-22(12-33-25)27(34-13-23(21)30(2,3)37-38-32)43-18-9-17(10-18)28(40)39-14-19(15-39)42-6/h7-8,11-13,16-19H,9-10,14-15H2,1-6H3,(H,33,35,36)/t16-,17?,18?/m1/s1. The number of azide groups is 1. The molecule has 3 aromatic heterocycles. The minimum Gasteiger partial charge on any atom is -0.474 e. The van der Waals surface area contributed by atoms with Crippen LogP contribution in [0.5, 0.6) is 5.88 Å². The minimum absolute atomic E-state index is 0.0690. The number of nitrogens with zero attached hydrogens (tertiary/aromatic N) is 7. The number of carbonyl (C=O) groups is 2. The first kappa shape index (κ1) is 29.6. The molecule has 1 amide bonds. The smallest absolute Gasteiger partial charge is 0.340 e. The van der Waals surface area contributed by atoms with E-state index in [0.29, 0.717) is 65.7 Å². The van der Waals surface area contributed by atoms with Gasteiger partial charge >= 0.3 is 5.97 Å². The summed E-state index contributed by atoms with van der Waals surface area (Å²) in [6, 6.07) is 5.27. The molecule has 1 saturated heterocycles. The number of likely N-dealkylation sites (tertiary alicyclic amines) is 1. The third kappa shape index (κ3) is 5.26. The topological polar surface area (TPSA) is 165 Å². The fourth-order valence-corrected chi connectivity index (χ4v) is 5.86. The summed E-state index contributed by atoms with van der Waals surface area (Å²) in [5, 5.41) is 8.68. The molecule has 0 unspecified atom stereocenters. The molecule has 13 nitrogen and oxygen atoms in total. The molecule has 13 heteroatoms. The number of carbonyl (C=O) groups excluding carboxylic acids is 2. The van der Waals surface area contributed by atoms with Crippen LogP contribution in [0.1, 0.15) is 75.0 Å². The van der Waals surface area contributed by atoms with E-state index in [1.54, 1.807) is 31.6 Å². The van der Waals surface area contributed by atoms with Crippen molar-refractivity contribution < 1.29 is 23.8 Å². The van der Waals surface area contributed by atoms with Crippen molar-refractivity contribution in [3.05, 3.63) is 57.9 Å². The Labute approximate surface area is 254 Å². The van der Waals surface area contributed by atoms with Crippen molar-refractivity contribution in [1.82, 2.24) is 19.9 Å². The minimum atomic E-state index is -0.909. The maximum atomic E-state index is 12.7. The van der Waals surface area contributed by atoms with E-state index in [0.717, 1.165) is 5.39 Å². The monoisotopic (exact) mass is 600 g/mol. The summed E-state index contributed by atoms with van der Waals surface area (Å²) >= 11 is 0. The largest absolute Gasteiger partial charge is 0.474 e. The Kier molecular flexibility index (Phi) is 7.33. The number of cyclic esters (lactones) is 1. The summed E-state index contributed by atoms with van der Waals surface area (Å²) < 4.78 is 17.2. The van der Waals surface area contributed by atoms with Crippen molar-refractivity contribution in [2.75, 3.05) is 25.5 Å². The van der Waals surface area contributed by atoms with E-state index in [-0.39, 0.29) is 30.0 Å². The van der Waals surface area contributed by atoms with E-state index in [1.165, 1.54) is 0 Å². The molecule has 44 heavy (non-hydrogen) atoms. The molecule has 5 heterocycles. The van der Waals surface area contributed by atoms with Crippen LogP contribution in [-0.4, -0.2) is 69.7 Å². The predicted octanol–water partition coefficient (Wildman–Crippen LogP) is 5.38.